The highest BCUT2D eigenvalue weighted by Crippen LogP contribution is 2.32. The van der Waals surface area contributed by atoms with Crippen LogP contribution in [-0.4, -0.2) is 43.0 Å². The fraction of sp³-hybridized carbons (Fsp3) is 0.355. The zero-order valence-corrected chi connectivity index (χ0v) is 22.7. The summed E-state index contributed by atoms with van der Waals surface area (Å²) in [6, 6.07) is 25.9. The maximum atomic E-state index is 13.2. The van der Waals surface area contributed by atoms with Gasteiger partial charge in [-0.15, -0.1) is 0 Å². The number of nitrogens with two attached hydrogens (primary N) is 1. The Labute approximate surface area is 230 Å². The quantitative estimate of drug-likeness (QED) is 0.323. The molecule has 1 aliphatic heterocycles. The van der Waals surface area contributed by atoms with Gasteiger partial charge in [0, 0.05) is 18.1 Å². The average molecular weight is 533 g/mol. The normalized spacial score (nSPS) is 14.4. The molecule has 1 aliphatic rings. The van der Waals surface area contributed by atoms with Gasteiger partial charge in [-0.25, -0.2) is 4.79 Å². The van der Waals surface area contributed by atoms with E-state index >= 15 is 0 Å². The zero-order valence-electron chi connectivity index (χ0n) is 22.0. The van der Waals surface area contributed by atoms with Crippen LogP contribution >= 0.6 is 11.6 Å². The molecule has 1 saturated heterocycles. The number of anilines is 1. The summed E-state index contributed by atoms with van der Waals surface area (Å²) in [4.78, 5) is 29.4. The van der Waals surface area contributed by atoms with Crippen LogP contribution in [0.15, 0.2) is 78.9 Å². The van der Waals surface area contributed by atoms with Gasteiger partial charge in [0.05, 0.1) is 17.3 Å². The van der Waals surface area contributed by atoms with Gasteiger partial charge in [-0.2, -0.15) is 0 Å². The molecule has 0 aliphatic carbocycles. The van der Waals surface area contributed by atoms with Crippen LogP contribution in [0.3, 0.4) is 0 Å². The molecule has 0 unspecified atom stereocenters. The number of rotatable bonds is 10. The summed E-state index contributed by atoms with van der Waals surface area (Å²) in [5.41, 5.74) is 9.11. The molecule has 0 atom stereocenters. The number of amides is 3. The number of primary amides is 1. The highest BCUT2D eigenvalue weighted by Gasteiger charge is 2.28. The molecule has 0 saturated carbocycles. The van der Waals surface area contributed by atoms with Crippen molar-refractivity contribution in [2.75, 3.05) is 31.1 Å². The molecule has 6 nitrogen and oxygen atoms in total. The minimum atomic E-state index is -0.589. The van der Waals surface area contributed by atoms with Crippen molar-refractivity contribution in [2.24, 2.45) is 11.7 Å². The molecule has 0 radical (unpaired) electrons. The van der Waals surface area contributed by atoms with Crippen LogP contribution < -0.4 is 16.0 Å². The van der Waals surface area contributed by atoms with E-state index in [0.29, 0.717) is 35.3 Å². The van der Waals surface area contributed by atoms with Gasteiger partial charge >= 0.3 is 6.03 Å². The van der Waals surface area contributed by atoms with E-state index in [-0.39, 0.29) is 11.9 Å². The SMILES string of the molecule is CCCCN(C(N)=O)c1cc(Cl)ccc1C(=O)NCC1CCN(C(c2ccccc2)c2ccccc2)CC1. The number of urea groups is 1. The lowest BCUT2D eigenvalue weighted by Crippen LogP contribution is -2.41. The van der Waals surface area contributed by atoms with Crippen LogP contribution in [0.2, 0.25) is 5.02 Å². The Morgan fingerprint density at radius 3 is 2.16 bits per heavy atom. The summed E-state index contributed by atoms with van der Waals surface area (Å²) in [6.07, 6.45) is 3.67. The lowest BCUT2D eigenvalue weighted by atomic mass is 9.91. The van der Waals surface area contributed by atoms with Gasteiger partial charge in [0.2, 0.25) is 0 Å². The van der Waals surface area contributed by atoms with E-state index < -0.39 is 6.03 Å². The standard InChI is InChI=1S/C31H37ClN4O2/c1-2-3-18-36(31(33)38)28-21-26(32)14-15-27(28)30(37)34-22-23-16-19-35(20-17-23)29(24-10-6-4-7-11-24)25-12-8-5-9-13-25/h4-15,21,23,29H,2-3,16-20,22H2,1H3,(H2,33,38)(H,34,37). The molecule has 3 aromatic carbocycles. The van der Waals surface area contributed by atoms with E-state index in [9.17, 15) is 9.59 Å². The summed E-state index contributed by atoms with van der Waals surface area (Å²) < 4.78 is 0. The van der Waals surface area contributed by atoms with E-state index in [4.69, 9.17) is 17.3 Å². The average Bonchev–Trinajstić information content (AvgIpc) is 2.94. The van der Waals surface area contributed by atoms with Crippen LogP contribution in [0.25, 0.3) is 0 Å². The molecular weight excluding hydrogens is 496 g/mol. The lowest BCUT2D eigenvalue weighted by Gasteiger charge is -2.38. The van der Waals surface area contributed by atoms with Crippen molar-refractivity contribution >= 4 is 29.2 Å². The molecule has 3 amide bonds. The second kappa shape index (κ2) is 13.4. The Hall–Kier alpha value is -3.35. The second-order valence-electron chi connectivity index (χ2n) is 9.92. The highest BCUT2D eigenvalue weighted by atomic mass is 35.5. The lowest BCUT2D eigenvalue weighted by molar-refractivity contribution is 0.0931. The van der Waals surface area contributed by atoms with Gasteiger partial charge in [0.25, 0.3) is 5.91 Å². The fourth-order valence-corrected chi connectivity index (χ4v) is 5.38. The van der Waals surface area contributed by atoms with E-state index in [1.165, 1.54) is 16.0 Å². The number of hydrogen-bond acceptors (Lipinski definition) is 3. The minimum Gasteiger partial charge on any atom is -0.352 e. The maximum absolute atomic E-state index is 13.2. The number of halogens is 1. The Morgan fingerprint density at radius 2 is 1.61 bits per heavy atom. The topological polar surface area (TPSA) is 78.7 Å². The van der Waals surface area contributed by atoms with E-state index in [1.54, 1.807) is 18.2 Å². The Kier molecular flexibility index (Phi) is 9.79. The summed E-state index contributed by atoms with van der Waals surface area (Å²) in [5, 5.41) is 3.56. The van der Waals surface area contributed by atoms with Crippen molar-refractivity contribution in [3.8, 4) is 0 Å². The van der Waals surface area contributed by atoms with Gasteiger partial charge in [-0.3, -0.25) is 14.6 Å². The number of carbonyl (C=O) groups excluding carboxylic acids is 2. The van der Waals surface area contributed by atoms with Gasteiger partial charge in [0.15, 0.2) is 0 Å². The van der Waals surface area contributed by atoms with Crippen molar-refractivity contribution in [3.63, 3.8) is 0 Å². The molecule has 38 heavy (non-hydrogen) atoms. The smallest absolute Gasteiger partial charge is 0.319 e. The van der Waals surface area contributed by atoms with Crippen LogP contribution in [-0.2, 0) is 0 Å². The van der Waals surface area contributed by atoms with Crippen molar-refractivity contribution in [1.82, 2.24) is 10.2 Å². The molecule has 0 aromatic heterocycles. The number of carbonyl (C=O) groups is 2. The minimum absolute atomic E-state index is 0.215. The van der Waals surface area contributed by atoms with Crippen LogP contribution in [0.1, 0.15) is 60.1 Å². The van der Waals surface area contributed by atoms with Gasteiger partial charge in [-0.1, -0.05) is 85.6 Å². The second-order valence-corrected chi connectivity index (χ2v) is 10.4. The number of nitrogens with zero attached hydrogens (tertiary/aromatic N) is 2. The van der Waals surface area contributed by atoms with Crippen molar-refractivity contribution in [3.05, 3.63) is 101 Å². The summed E-state index contributed by atoms with van der Waals surface area (Å²) in [5.74, 6) is 0.166. The van der Waals surface area contributed by atoms with E-state index in [0.717, 1.165) is 38.8 Å². The van der Waals surface area contributed by atoms with Gasteiger partial charge in [-0.05, 0) is 67.6 Å². The monoisotopic (exact) mass is 532 g/mol. The first-order chi connectivity index (χ1) is 18.5. The van der Waals surface area contributed by atoms with Gasteiger partial charge in [0.1, 0.15) is 0 Å². The number of hydrogen-bond donors (Lipinski definition) is 2. The Morgan fingerprint density at radius 1 is 1.00 bits per heavy atom. The predicted molar refractivity (Wildman–Crippen MR) is 155 cm³/mol. The Bertz CT molecular complexity index is 1160. The van der Waals surface area contributed by atoms with Crippen LogP contribution in [0, 0.1) is 5.92 Å². The molecule has 3 aromatic rings. The fourth-order valence-electron chi connectivity index (χ4n) is 5.22. The number of unbranched alkanes of at least 4 members (excludes halogenated alkanes) is 1. The zero-order chi connectivity index (χ0) is 26.9. The highest BCUT2D eigenvalue weighted by molar-refractivity contribution is 6.31. The molecular formula is C31H37ClN4O2. The number of likely N-dealkylation sites (tertiary alicyclic amines) is 1. The van der Waals surface area contributed by atoms with Crippen LogP contribution in [0.4, 0.5) is 10.5 Å². The first-order valence-electron chi connectivity index (χ1n) is 13.5. The summed E-state index contributed by atoms with van der Waals surface area (Å²) in [7, 11) is 0. The number of benzene rings is 3. The van der Waals surface area contributed by atoms with Crippen LogP contribution in [0.5, 0.6) is 0 Å². The third-order valence-corrected chi connectivity index (χ3v) is 7.53. The van der Waals surface area contributed by atoms with Gasteiger partial charge < -0.3 is 11.1 Å². The first-order valence-corrected chi connectivity index (χ1v) is 13.8. The summed E-state index contributed by atoms with van der Waals surface area (Å²) >= 11 is 6.22. The van der Waals surface area contributed by atoms with Crippen molar-refractivity contribution < 1.29 is 9.59 Å². The van der Waals surface area contributed by atoms with E-state index in [1.807, 2.05) is 6.92 Å². The van der Waals surface area contributed by atoms with Crippen molar-refractivity contribution in [2.45, 2.75) is 38.6 Å². The third kappa shape index (κ3) is 6.94. The van der Waals surface area contributed by atoms with E-state index in [2.05, 4.69) is 70.9 Å². The molecule has 3 N–H and O–H groups in total. The number of piperidine rings is 1. The maximum Gasteiger partial charge on any atom is 0.319 e. The Balaban J connectivity index is 1.40. The number of nitrogens with one attached hydrogen (secondary N) is 1. The largest absolute Gasteiger partial charge is 0.352 e. The first kappa shape index (κ1) is 27.7. The predicted octanol–water partition coefficient (Wildman–Crippen LogP) is 6.26. The molecule has 4 rings (SSSR count). The summed E-state index contributed by atoms with van der Waals surface area (Å²) in [6.45, 7) is 4.97. The molecule has 7 heteroatoms. The molecule has 0 spiro atoms. The molecule has 0 bridgehead atoms. The third-order valence-electron chi connectivity index (χ3n) is 7.29. The molecule has 1 fully saturated rings. The van der Waals surface area contributed by atoms with Crippen molar-refractivity contribution in [1.29, 1.82) is 0 Å². The molecule has 1 heterocycles. The molecule has 200 valence electrons.